The van der Waals surface area contributed by atoms with Gasteiger partial charge >= 0.3 is 0 Å². The SMILES string of the molecule is CCOc1cc(CC)cc(C(Nc2ccc3c(N)nccc3c2)c2ncc(-c3ccccc3)[nH]2)c1F. The Bertz CT molecular complexity index is 1500. The van der Waals surface area contributed by atoms with E-state index in [-0.39, 0.29) is 5.75 Å². The predicted octanol–water partition coefficient (Wildman–Crippen LogP) is 6.51. The molecule has 36 heavy (non-hydrogen) atoms. The number of aryl methyl sites for hydroxylation is 1. The van der Waals surface area contributed by atoms with Crippen LogP contribution in [0, 0.1) is 5.82 Å². The molecule has 0 bridgehead atoms. The van der Waals surface area contributed by atoms with Crippen LogP contribution in [0.2, 0.25) is 0 Å². The van der Waals surface area contributed by atoms with Crippen LogP contribution >= 0.6 is 0 Å². The van der Waals surface area contributed by atoms with Crippen molar-refractivity contribution < 1.29 is 9.13 Å². The normalized spacial score (nSPS) is 12.0. The Morgan fingerprint density at radius 1 is 1.03 bits per heavy atom. The van der Waals surface area contributed by atoms with Crippen LogP contribution in [0.1, 0.15) is 36.8 Å². The quantitative estimate of drug-likeness (QED) is 0.235. The highest BCUT2D eigenvalue weighted by molar-refractivity contribution is 5.92. The van der Waals surface area contributed by atoms with Gasteiger partial charge in [0, 0.05) is 22.8 Å². The van der Waals surface area contributed by atoms with E-state index in [1.54, 1.807) is 18.5 Å². The number of anilines is 2. The number of halogens is 1. The van der Waals surface area contributed by atoms with Gasteiger partial charge in [0.25, 0.3) is 0 Å². The summed E-state index contributed by atoms with van der Waals surface area (Å²) in [6.07, 6.45) is 4.20. The minimum Gasteiger partial charge on any atom is -0.491 e. The zero-order valence-corrected chi connectivity index (χ0v) is 20.3. The highest BCUT2D eigenvalue weighted by Crippen LogP contribution is 2.34. The first-order valence-electron chi connectivity index (χ1n) is 12.0. The third-order valence-electron chi connectivity index (χ3n) is 6.21. The average molecular weight is 482 g/mol. The molecule has 0 spiro atoms. The van der Waals surface area contributed by atoms with Crippen molar-refractivity contribution in [2.45, 2.75) is 26.3 Å². The molecule has 4 N–H and O–H groups in total. The first-order chi connectivity index (χ1) is 17.6. The number of imidazole rings is 1. The Labute approximate surface area is 209 Å². The molecule has 0 aliphatic rings. The summed E-state index contributed by atoms with van der Waals surface area (Å²) in [5.74, 6) is 0.902. The largest absolute Gasteiger partial charge is 0.491 e. The van der Waals surface area contributed by atoms with Gasteiger partial charge in [-0.15, -0.1) is 0 Å². The summed E-state index contributed by atoms with van der Waals surface area (Å²) in [6.45, 7) is 4.26. The second-order valence-electron chi connectivity index (χ2n) is 8.54. The van der Waals surface area contributed by atoms with Gasteiger partial charge in [0.15, 0.2) is 11.6 Å². The smallest absolute Gasteiger partial charge is 0.170 e. The van der Waals surface area contributed by atoms with Gasteiger partial charge in [-0.05, 0) is 60.2 Å². The van der Waals surface area contributed by atoms with Crippen molar-refractivity contribution in [3.8, 4) is 17.0 Å². The zero-order chi connectivity index (χ0) is 25.1. The number of hydrogen-bond donors (Lipinski definition) is 3. The van der Waals surface area contributed by atoms with Crippen LogP contribution in [-0.4, -0.2) is 21.6 Å². The fraction of sp³-hybridized carbons (Fsp3) is 0.172. The van der Waals surface area contributed by atoms with Crippen molar-refractivity contribution in [3.63, 3.8) is 0 Å². The Balaban J connectivity index is 1.62. The average Bonchev–Trinajstić information content (AvgIpc) is 3.39. The van der Waals surface area contributed by atoms with Crippen molar-refractivity contribution in [1.82, 2.24) is 15.0 Å². The Hall–Kier alpha value is -4.39. The summed E-state index contributed by atoms with van der Waals surface area (Å²) in [5.41, 5.74) is 10.1. The van der Waals surface area contributed by atoms with E-state index in [1.807, 2.05) is 74.5 Å². The third kappa shape index (κ3) is 4.60. The number of aromatic nitrogens is 3. The molecule has 0 saturated carbocycles. The molecule has 6 nitrogen and oxygen atoms in total. The fourth-order valence-electron chi connectivity index (χ4n) is 4.35. The minimum atomic E-state index is -0.593. The van der Waals surface area contributed by atoms with Crippen molar-refractivity contribution >= 4 is 22.3 Å². The predicted molar refractivity (Wildman–Crippen MR) is 143 cm³/mol. The van der Waals surface area contributed by atoms with E-state index in [9.17, 15) is 0 Å². The zero-order valence-electron chi connectivity index (χ0n) is 20.3. The van der Waals surface area contributed by atoms with Gasteiger partial charge in [-0.2, -0.15) is 0 Å². The Kier molecular flexibility index (Phi) is 6.54. The number of pyridine rings is 1. The number of nitrogens with one attached hydrogen (secondary N) is 2. The van der Waals surface area contributed by atoms with E-state index in [1.165, 1.54) is 0 Å². The fourth-order valence-corrected chi connectivity index (χ4v) is 4.35. The molecule has 0 amide bonds. The van der Waals surface area contributed by atoms with E-state index < -0.39 is 11.9 Å². The second-order valence-corrected chi connectivity index (χ2v) is 8.54. The molecule has 5 rings (SSSR count). The van der Waals surface area contributed by atoms with Crippen LogP contribution in [-0.2, 0) is 6.42 Å². The molecule has 1 unspecified atom stereocenters. The maximum atomic E-state index is 15.8. The number of aromatic amines is 1. The molecule has 7 heteroatoms. The van der Waals surface area contributed by atoms with Crippen LogP contribution < -0.4 is 15.8 Å². The van der Waals surface area contributed by atoms with Crippen LogP contribution in [0.3, 0.4) is 0 Å². The summed E-state index contributed by atoms with van der Waals surface area (Å²) in [6, 6.07) is 20.7. The third-order valence-corrected chi connectivity index (χ3v) is 6.21. The molecule has 182 valence electrons. The number of nitrogens with zero attached hydrogens (tertiary/aromatic N) is 2. The molecule has 0 aliphatic heterocycles. The lowest BCUT2D eigenvalue weighted by atomic mass is 9.99. The van der Waals surface area contributed by atoms with Gasteiger partial charge in [0.05, 0.1) is 18.5 Å². The van der Waals surface area contributed by atoms with Gasteiger partial charge in [-0.1, -0.05) is 43.3 Å². The number of benzene rings is 3. The standard InChI is InChI=1S/C29H28FN5O/c1-3-18-14-23(26(30)25(15-18)36-4-2)27(29-33-17-24(35-29)19-8-6-5-7-9-19)34-21-10-11-22-20(16-21)12-13-32-28(22)31/h5-17,27,34H,3-4H2,1-2H3,(H2,31,32)(H,33,35). The number of fused-ring (bicyclic) bond motifs is 1. The van der Waals surface area contributed by atoms with Gasteiger partial charge < -0.3 is 20.8 Å². The van der Waals surface area contributed by atoms with Gasteiger partial charge in [-0.25, -0.2) is 14.4 Å². The van der Waals surface area contributed by atoms with Crippen molar-refractivity contribution in [1.29, 1.82) is 0 Å². The minimum absolute atomic E-state index is 0.242. The first-order valence-corrected chi connectivity index (χ1v) is 12.0. The lowest BCUT2D eigenvalue weighted by molar-refractivity contribution is 0.319. The molecule has 0 aliphatic carbocycles. The topological polar surface area (TPSA) is 88.8 Å². The van der Waals surface area contributed by atoms with E-state index in [0.717, 1.165) is 39.7 Å². The monoisotopic (exact) mass is 481 g/mol. The summed E-state index contributed by atoms with van der Waals surface area (Å²) in [4.78, 5) is 12.2. The Morgan fingerprint density at radius 2 is 1.86 bits per heavy atom. The first kappa shape index (κ1) is 23.4. The van der Waals surface area contributed by atoms with E-state index >= 15 is 4.39 Å². The molecule has 2 heterocycles. The van der Waals surface area contributed by atoms with Crippen molar-refractivity contribution in [2.24, 2.45) is 0 Å². The summed E-state index contributed by atoms with van der Waals surface area (Å²) in [5, 5.41) is 5.30. The van der Waals surface area contributed by atoms with Gasteiger partial charge in [0.2, 0.25) is 0 Å². The highest BCUT2D eigenvalue weighted by Gasteiger charge is 2.25. The molecule has 0 radical (unpaired) electrons. The Morgan fingerprint density at radius 3 is 2.64 bits per heavy atom. The number of nitrogens with two attached hydrogens (primary N) is 1. The molecule has 0 fully saturated rings. The molecule has 3 aromatic carbocycles. The number of nitrogen functional groups attached to an aromatic ring is 1. The molecule has 0 saturated heterocycles. The summed E-state index contributed by atoms with van der Waals surface area (Å²) < 4.78 is 21.5. The molecular formula is C29H28FN5O. The second kappa shape index (κ2) is 10.1. The van der Waals surface area contributed by atoms with Crippen molar-refractivity contribution in [2.75, 3.05) is 17.7 Å². The maximum Gasteiger partial charge on any atom is 0.170 e. The molecular weight excluding hydrogens is 453 g/mol. The van der Waals surface area contributed by atoms with E-state index in [0.29, 0.717) is 23.8 Å². The number of H-pyrrole nitrogens is 1. The summed E-state index contributed by atoms with van der Waals surface area (Å²) in [7, 11) is 0. The van der Waals surface area contributed by atoms with Crippen molar-refractivity contribution in [3.05, 3.63) is 102 Å². The van der Waals surface area contributed by atoms with Gasteiger partial charge in [0.1, 0.15) is 17.7 Å². The van der Waals surface area contributed by atoms with E-state index in [2.05, 4.69) is 20.3 Å². The maximum absolute atomic E-state index is 15.8. The van der Waals surface area contributed by atoms with Gasteiger partial charge in [-0.3, -0.25) is 0 Å². The molecule has 2 aromatic heterocycles. The molecule has 5 aromatic rings. The van der Waals surface area contributed by atoms with Crippen LogP contribution in [0.5, 0.6) is 5.75 Å². The molecule has 1 atom stereocenters. The van der Waals surface area contributed by atoms with Crippen LogP contribution in [0.15, 0.2) is 79.1 Å². The van der Waals surface area contributed by atoms with Crippen LogP contribution in [0.4, 0.5) is 15.9 Å². The number of ether oxygens (including phenoxy) is 1. The van der Waals surface area contributed by atoms with Crippen LogP contribution in [0.25, 0.3) is 22.0 Å². The lowest BCUT2D eigenvalue weighted by Crippen LogP contribution is -2.17. The highest BCUT2D eigenvalue weighted by atomic mass is 19.1. The summed E-state index contributed by atoms with van der Waals surface area (Å²) >= 11 is 0. The number of hydrogen-bond acceptors (Lipinski definition) is 5. The lowest BCUT2D eigenvalue weighted by Gasteiger charge is -2.22. The van der Waals surface area contributed by atoms with E-state index in [4.69, 9.17) is 10.5 Å². The number of rotatable bonds is 8.